The smallest absolute Gasteiger partial charge is 0.393 e. The van der Waals surface area contributed by atoms with E-state index in [1.54, 1.807) is 36.4 Å². The fraction of sp³-hybridized carbons (Fsp3) is 0.345. The highest BCUT2D eigenvalue weighted by atomic mass is 35.5. The van der Waals surface area contributed by atoms with Crippen LogP contribution in [0.3, 0.4) is 0 Å². The number of sulfonamides is 1. The Balaban J connectivity index is 1.38. The molecule has 41 heavy (non-hydrogen) atoms. The molecule has 1 aliphatic heterocycles. The van der Waals surface area contributed by atoms with Gasteiger partial charge in [-0.25, -0.2) is 13.2 Å². The number of ether oxygens (including phenoxy) is 2. The molecule has 12 heteroatoms. The fourth-order valence-corrected chi connectivity index (χ4v) is 6.77. The Morgan fingerprint density at radius 3 is 2.49 bits per heavy atom. The van der Waals surface area contributed by atoms with Gasteiger partial charge in [0.2, 0.25) is 5.88 Å². The van der Waals surface area contributed by atoms with E-state index in [9.17, 15) is 13.2 Å². The van der Waals surface area contributed by atoms with Crippen molar-refractivity contribution in [1.29, 1.82) is 0 Å². The number of rotatable bonds is 8. The molecule has 218 valence electrons. The summed E-state index contributed by atoms with van der Waals surface area (Å²) in [5.74, 6) is 0.250. The second-order valence-corrected chi connectivity index (χ2v) is 14.2. The quantitative estimate of drug-likeness (QED) is 0.222. The van der Waals surface area contributed by atoms with Crippen molar-refractivity contribution >= 4 is 55.6 Å². The topological polar surface area (TPSA) is 113 Å². The number of aromatic nitrogens is 1. The molecule has 0 unspecified atom stereocenters. The summed E-state index contributed by atoms with van der Waals surface area (Å²) in [5, 5.41) is 3.49. The number of H-pyrrole nitrogens is 1. The Hall–Kier alpha value is -3.09. The summed E-state index contributed by atoms with van der Waals surface area (Å²) in [6.45, 7) is 10.4. The SMILES string of the molecule is CC(C)(C)c1ccc(S(=O)(=O)Nc2ccc3[nH]c(OC(=O)NCCN4CCOCC4)c(-c4ccc(Cl)s4)c3c2)cc1. The van der Waals surface area contributed by atoms with E-state index in [0.29, 0.717) is 52.8 Å². The molecular weight excluding hydrogens is 584 g/mol. The average Bonchev–Trinajstić information content (AvgIpc) is 3.50. The number of carbonyl (C=O) groups excluding carboxylic acids is 1. The first-order valence-electron chi connectivity index (χ1n) is 13.3. The van der Waals surface area contributed by atoms with Gasteiger partial charge in [0.15, 0.2) is 0 Å². The maximum absolute atomic E-state index is 13.2. The van der Waals surface area contributed by atoms with Crippen LogP contribution in [0.2, 0.25) is 4.34 Å². The number of hydrogen-bond donors (Lipinski definition) is 3. The molecule has 0 radical (unpaired) electrons. The first-order chi connectivity index (χ1) is 19.5. The molecule has 1 amide bonds. The van der Waals surface area contributed by atoms with Gasteiger partial charge < -0.3 is 19.8 Å². The van der Waals surface area contributed by atoms with E-state index in [4.69, 9.17) is 21.1 Å². The molecule has 4 aromatic rings. The average molecular weight is 617 g/mol. The van der Waals surface area contributed by atoms with Crippen LogP contribution in [0.5, 0.6) is 5.88 Å². The van der Waals surface area contributed by atoms with Crippen molar-refractivity contribution in [2.45, 2.75) is 31.1 Å². The van der Waals surface area contributed by atoms with Crippen LogP contribution in [-0.4, -0.2) is 63.8 Å². The second-order valence-electron chi connectivity index (χ2n) is 10.8. The van der Waals surface area contributed by atoms with Gasteiger partial charge in [-0.15, -0.1) is 11.3 Å². The lowest BCUT2D eigenvalue weighted by Gasteiger charge is -2.26. The van der Waals surface area contributed by atoms with Crippen LogP contribution in [0.1, 0.15) is 26.3 Å². The standard InChI is InChI=1S/C29H33ClN4O5S2/c1-29(2,3)19-4-7-21(8-5-19)41(36,37)33-20-6-9-23-22(18-20)26(24-10-11-25(30)40-24)27(32-23)39-28(35)31-12-13-34-14-16-38-17-15-34/h4-11,18,32-33H,12-17H2,1-3H3,(H,31,35). The summed E-state index contributed by atoms with van der Waals surface area (Å²) in [4.78, 5) is 19.0. The molecule has 0 aliphatic carbocycles. The first-order valence-corrected chi connectivity index (χ1v) is 16.0. The molecular formula is C29H33ClN4O5S2. The maximum Gasteiger partial charge on any atom is 0.413 e. The highest BCUT2D eigenvalue weighted by molar-refractivity contribution is 7.92. The van der Waals surface area contributed by atoms with Crippen molar-refractivity contribution in [1.82, 2.24) is 15.2 Å². The highest BCUT2D eigenvalue weighted by Crippen LogP contribution is 2.43. The number of halogens is 1. The largest absolute Gasteiger partial charge is 0.413 e. The number of hydrogen-bond acceptors (Lipinski definition) is 7. The predicted octanol–water partition coefficient (Wildman–Crippen LogP) is 6.07. The van der Waals surface area contributed by atoms with Gasteiger partial charge in [-0.2, -0.15) is 0 Å². The van der Waals surface area contributed by atoms with Crippen molar-refractivity contribution < 1.29 is 22.7 Å². The summed E-state index contributed by atoms with van der Waals surface area (Å²) in [7, 11) is -3.84. The van der Waals surface area contributed by atoms with E-state index in [0.717, 1.165) is 23.5 Å². The van der Waals surface area contributed by atoms with Crippen molar-refractivity contribution in [2.75, 3.05) is 44.1 Å². The van der Waals surface area contributed by atoms with E-state index in [1.165, 1.54) is 11.3 Å². The summed E-state index contributed by atoms with van der Waals surface area (Å²) in [5.41, 5.74) is 2.63. The van der Waals surface area contributed by atoms with Gasteiger partial charge in [0.25, 0.3) is 10.0 Å². The lowest BCUT2D eigenvalue weighted by molar-refractivity contribution is 0.0385. The van der Waals surface area contributed by atoms with Crippen LogP contribution in [0, 0.1) is 0 Å². The van der Waals surface area contributed by atoms with E-state index in [2.05, 4.69) is 40.7 Å². The first kappa shape index (κ1) is 29.4. The molecule has 0 saturated carbocycles. The van der Waals surface area contributed by atoms with Gasteiger partial charge >= 0.3 is 6.09 Å². The number of nitrogens with zero attached hydrogens (tertiary/aromatic N) is 1. The maximum atomic E-state index is 13.2. The number of thiophene rings is 1. The third kappa shape index (κ3) is 7.04. The van der Waals surface area contributed by atoms with E-state index in [1.807, 2.05) is 18.2 Å². The molecule has 0 spiro atoms. The molecule has 0 bridgehead atoms. The number of carbonyl (C=O) groups is 1. The molecule has 1 saturated heterocycles. The van der Waals surface area contributed by atoms with Gasteiger partial charge in [0.05, 0.1) is 28.0 Å². The molecule has 1 aliphatic rings. The van der Waals surface area contributed by atoms with Gasteiger partial charge in [-0.05, 0) is 53.4 Å². The number of morpholine rings is 1. The zero-order valence-corrected chi connectivity index (χ0v) is 25.5. The van der Waals surface area contributed by atoms with Crippen molar-refractivity contribution in [3.63, 3.8) is 0 Å². The van der Waals surface area contributed by atoms with Crippen molar-refractivity contribution in [3.05, 3.63) is 64.5 Å². The van der Waals surface area contributed by atoms with Gasteiger partial charge in [-0.3, -0.25) is 9.62 Å². The van der Waals surface area contributed by atoms with E-state index < -0.39 is 16.1 Å². The monoisotopic (exact) mass is 616 g/mol. The van der Waals surface area contributed by atoms with Crippen LogP contribution in [0.15, 0.2) is 59.5 Å². The summed E-state index contributed by atoms with van der Waals surface area (Å²) in [6.07, 6.45) is -0.589. The minimum atomic E-state index is -3.84. The second kappa shape index (κ2) is 12.0. The van der Waals surface area contributed by atoms with Crippen molar-refractivity contribution in [2.24, 2.45) is 0 Å². The highest BCUT2D eigenvalue weighted by Gasteiger charge is 2.22. The summed E-state index contributed by atoms with van der Waals surface area (Å²) in [6, 6.07) is 15.6. The van der Waals surface area contributed by atoms with Crippen molar-refractivity contribution in [3.8, 4) is 16.3 Å². The normalized spacial score (nSPS) is 14.7. The van der Waals surface area contributed by atoms with Gasteiger partial charge in [-0.1, -0.05) is 44.5 Å². The molecule has 0 atom stereocenters. The lowest BCUT2D eigenvalue weighted by atomic mass is 9.87. The van der Waals surface area contributed by atoms with Crippen LogP contribution >= 0.6 is 22.9 Å². The molecule has 3 N–H and O–H groups in total. The fourth-order valence-electron chi connectivity index (χ4n) is 4.62. The molecule has 3 heterocycles. The summed E-state index contributed by atoms with van der Waals surface area (Å²) >= 11 is 7.57. The number of nitrogens with one attached hydrogen (secondary N) is 3. The third-order valence-electron chi connectivity index (χ3n) is 6.86. The third-order valence-corrected chi connectivity index (χ3v) is 9.51. The molecule has 5 rings (SSSR count). The number of anilines is 1. The van der Waals surface area contributed by atoms with E-state index in [-0.39, 0.29) is 16.2 Å². The Labute approximate surface area is 248 Å². The van der Waals surface area contributed by atoms with Gasteiger partial charge in [0.1, 0.15) is 0 Å². The number of fused-ring (bicyclic) bond motifs is 1. The number of amides is 1. The minimum Gasteiger partial charge on any atom is -0.393 e. The predicted molar refractivity (Wildman–Crippen MR) is 164 cm³/mol. The number of aromatic amines is 1. The molecule has 1 fully saturated rings. The Morgan fingerprint density at radius 1 is 1.10 bits per heavy atom. The van der Waals surface area contributed by atoms with Crippen LogP contribution in [0.4, 0.5) is 10.5 Å². The molecule has 9 nitrogen and oxygen atoms in total. The Morgan fingerprint density at radius 2 is 1.83 bits per heavy atom. The van der Waals surface area contributed by atoms with Gasteiger partial charge in [0, 0.05) is 47.6 Å². The zero-order valence-electron chi connectivity index (χ0n) is 23.1. The van der Waals surface area contributed by atoms with Crippen LogP contribution in [0.25, 0.3) is 21.3 Å². The molecule has 2 aromatic carbocycles. The van der Waals surface area contributed by atoms with Crippen LogP contribution < -0.4 is 14.8 Å². The summed E-state index contributed by atoms with van der Waals surface area (Å²) < 4.78 is 40.7. The van der Waals surface area contributed by atoms with Crippen LogP contribution in [-0.2, 0) is 20.2 Å². The Kier molecular flexibility index (Phi) is 8.62. The Bertz CT molecular complexity index is 1640. The van der Waals surface area contributed by atoms with E-state index >= 15 is 0 Å². The number of benzene rings is 2. The minimum absolute atomic E-state index is 0.0877. The lowest BCUT2D eigenvalue weighted by Crippen LogP contribution is -2.41. The zero-order chi connectivity index (χ0) is 29.2. The molecule has 2 aromatic heterocycles.